The quantitative estimate of drug-likeness (QED) is 0.233. The van der Waals surface area contributed by atoms with Crippen molar-refractivity contribution in [2.24, 2.45) is 5.92 Å². The number of methoxy groups -OCH3 is 1. The van der Waals surface area contributed by atoms with Crippen molar-refractivity contribution in [1.29, 1.82) is 0 Å². The van der Waals surface area contributed by atoms with E-state index in [-0.39, 0.29) is 40.3 Å². The van der Waals surface area contributed by atoms with Crippen molar-refractivity contribution in [3.8, 4) is 28.1 Å². The summed E-state index contributed by atoms with van der Waals surface area (Å²) in [5.74, 6) is -5.58. The molecule has 1 N–H and O–H groups in total. The summed E-state index contributed by atoms with van der Waals surface area (Å²) in [5, 5.41) is 9.40. The van der Waals surface area contributed by atoms with Crippen LogP contribution in [0.25, 0.3) is 22.3 Å². The fourth-order valence-corrected chi connectivity index (χ4v) is 6.33. The number of aromatic nitrogens is 3. The monoisotopic (exact) mass is 751 g/mol. The molecular formula is C35H29F8N5O5. The van der Waals surface area contributed by atoms with E-state index < -0.39 is 79.2 Å². The SMILES string of the molecule is COc1ncc(-c2ccc(C(=O)O)cc2C)cc1-c1cnc(N2CC(F)(F)C2)nc1CN1C(=O)OC(C2C=CC(C(F)(F)F)=CC(C(F)(F)F)=C2)C1C. The molecule has 1 aliphatic carbocycles. The fraction of sp³-hybridized carbons (Fsp3) is 0.343. The lowest BCUT2D eigenvalue weighted by Crippen LogP contribution is -2.57. The van der Waals surface area contributed by atoms with Crippen LogP contribution in [0, 0.1) is 12.8 Å². The molecule has 2 aromatic heterocycles. The van der Waals surface area contributed by atoms with Gasteiger partial charge >= 0.3 is 24.4 Å². The number of ether oxygens (including phenoxy) is 2. The van der Waals surface area contributed by atoms with E-state index in [0.717, 1.165) is 11.0 Å². The van der Waals surface area contributed by atoms with Crippen LogP contribution in [-0.2, 0) is 11.3 Å². The van der Waals surface area contributed by atoms with E-state index in [9.17, 15) is 49.8 Å². The van der Waals surface area contributed by atoms with E-state index >= 15 is 0 Å². The Morgan fingerprint density at radius 3 is 2.32 bits per heavy atom. The molecule has 2 fully saturated rings. The highest BCUT2D eigenvalue weighted by molar-refractivity contribution is 5.89. The zero-order chi connectivity index (χ0) is 38.6. The Bertz CT molecular complexity index is 2050. The molecule has 0 saturated carbocycles. The van der Waals surface area contributed by atoms with Gasteiger partial charge in [-0.1, -0.05) is 24.3 Å². The molecule has 6 rings (SSSR count). The van der Waals surface area contributed by atoms with Crippen LogP contribution < -0.4 is 9.64 Å². The first kappa shape index (κ1) is 37.2. The number of carboxylic acids is 1. The highest BCUT2D eigenvalue weighted by Crippen LogP contribution is 2.41. The molecule has 280 valence electrons. The zero-order valence-electron chi connectivity index (χ0n) is 28.0. The highest BCUT2D eigenvalue weighted by atomic mass is 19.4. The lowest BCUT2D eigenvalue weighted by Gasteiger charge is -2.38. The number of nitrogens with zero attached hydrogens (tertiary/aromatic N) is 5. The van der Waals surface area contributed by atoms with Gasteiger partial charge in [-0.3, -0.25) is 4.90 Å². The minimum Gasteiger partial charge on any atom is -0.481 e. The largest absolute Gasteiger partial charge is 0.481 e. The lowest BCUT2D eigenvalue weighted by atomic mass is 9.94. The predicted octanol–water partition coefficient (Wildman–Crippen LogP) is 7.55. The molecule has 3 aliphatic rings. The zero-order valence-corrected chi connectivity index (χ0v) is 28.0. The molecule has 18 heteroatoms. The first-order valence-corrected chi connectivity index (χ1v) is 15.9. The van der Waals surface area contributed by atoms with Crippen molar-refractivity contribution in [2.45, 2.75) is 50.8 Å². The van der Waals surface area contributed by atoms with Crippen LogP contribution in [0.4, 0.5) is 45.9 Å². The number of carbonyl (C=O) groups excluding carboxylic acids is 1. The molecule has 3 atom stereocenters. The number of benzene rings is 1. The van der Waals surface area contributed by atoms with Gasteiger partial charge in [-0.15, -0.1) is 0 Å². The van der Waals surface area contributed by atoms with Gasteiger partial charge in [0.1, 0.15) is 6.10 Å². The molecule has 3 unspecified atom stereocenters. The van der Waals surface area contributed by atoms with Crippen molar-refractivity contribution in [3.63, 3.8) is 0 Å². The second kappa shape index (κ2) is 13.5. The average Bonchev–Trinajstić information content (AvgIpc) is 3.21. The molecule has 0 spiro atoms. The third-order valence-electron chi connectivity index (χ3n) is 9.07. The van der Waals surface area contributed by atoms with Gasteiger partial charge in [0.2, 0.25) is 11.8 Å². The first-order valence-electron chi connectivity index (χ1n) is 15.9. The number of hydrogen-bond acceptors (Lipinski definition) is 8. The van der Waals surface area contributed by atoms with Gasteiger partial charge in [0.05, 0.1) is 55.2 Å². The van der Waals surface area contributed by atoms with E-state index in [2.05, 4.69) is 15.0 Å². The second-order valence-electron chi connectivity index (χ2n) is 12.7. The number of rotatable bonds is 8. The molecule has 10 nitrogen and oxygen atoms in total. The summed E-state index contributed by atoms with van der Waals surface area (Å²) in [6.07, 6.45) is -7.87. The maximum atomic E-state index is 13.8. The maximum Gasteiger partial charge on any atom is 0.416 e. The summed E-state index contributed by atoms with van der Waals surface area (Å²) in [6, 6.07) is 5.09. The Kier molecular flexibility index (Phi) is 9.45. The number of cyclic esters (lactones) is 1. The molecule has 53 heavy (non-hydrogen) atoms. The molecule has 2 saturated heterocycles. The molecule has 0 radical (unpaired) electrons. The lowest BCUT2D eigenvalue weighted by molar-refractivity contribution is -0.0934. The second-order valence-corrected chi connectivity index (χ2v) is 12.7. The van der Waals surface area contributed by atoms with Crippen molar-refractivity contribution < 1.29 is 59.3 Å². The average molecular weight is 752 g/mol. The van der Waals surface area contributed by atoms with E-state index in [1.165, 1.54) is 43.5 Å². The topological polar surface area (TPSA) is 118 Å². The van der Waals surface area contributed by atoms with Crippen LogP contribution in [0.5, 0.6) is 5.88 Å². The van der Waals surface area contributed by atoms with Crippen LogP contribution >= 0.6 is 0 Å². The van der Waals surface area contributed by atoms with Crippen molar-refractivity contribution in [1.82, 2.24) is 19.9 Å². The van der Waals surface area contributed by atoms with Crippen LogP contribution in [0.15, 0.2) is 72.1 Å². The van der Waals surface area contributed by atoms with Gasteiger partial charge < -0.3 is 19.5 Å². The van der Waals surface area contributed by atoms with Crippen LogP contribution in [0.3, 0.4) is 0 Å². The highest BCUT2D eigenvalue weighted by Gasteiger charge is 2.47. The van der Waals surface area contributed by atoms with E-state index in [1.807, 2.05) is 0 Å². The molecule has 2 aliphatic heterocycles. The summed E-state index contributed by atoms with van der Waals surface area (Å²) in [4.78, 5) is 40.3. The Labute approximate surface area is 296 Å². The Balaban J connectivity index is 1.39. The Morgan fingerprint density at radius 2 is 1.72 bits per heavy atom. The number of pyridine rings is 1. The number of aromatic carboxylic acids is 1. The Morgan fingerprint density at radius 1 is 1.02 bits per heavy atom. The van der Waals surface area contributed by atoms with E-state index in [0.29, 0.717) is 28.8 Å². The van der Waals surface area contributed by atoms with Crippen molar-refractivity contribution in [2.75, 3.05) is 25.1 Å². The predicted molar refractivity (Wildman–Crippen MR) is 172 cm³/mol. The van der Waals surface area contributed by atoms with Crippen molar-refractivity contribution in [3.05, 3.63) is 88.9 Å². The van der Waals surface area contributed by atoms with Crippen LogP contribution in [0.2, 0.25) is 0 Å². The maximum absolute atomic E-state index is 13.8. The summed E-state index contributed by atoms with van der Waals surface area (Å²) in [7, 11) is 1.34. The van der Waals surface area contributed by atoms with E-state index in [4.69, 9.17) is 9.47 Å². The standard InChI is InChI=1S/C35H29F8N5O5/c1-17-8-20(30(49)50)5-7-24(17)21-10-25(29(52-3)44-12-21)26-13-45-31(47-15-33(36,37)16-47)46-27(26)14-48-18(2)28(53-32(48)51)19-4-6-22(34(38,39)40)11-23(9-19)35(41,42)43/h4-13,18-19,28H,14-16H2,1-3H3,(H,49,50). The summed E-state index contributed by atoms with van der Waals surface area (Å²) in [6.45, 7) is 1.38. The summed E-state index contributed by atoms with van der Waals surface area (Å²) < 4.78 is 121. The van der Waals surface area contributed by atoms with Gasteiger partial charge in [-0.25, -0.2) is 33.3 Å². The molecule has 1 aromatic carbocycles. The third-order valence-corrected chi connectivity index (χ3v) is 9.07. The molecule has 3 aromatic rings. The van der Waals surface area contributed by atoms with Crippen LogP contribution in [-0.4, -0.2) is 87.6 Å². The molecule has 1 amide bonds. The normalized spacial score (nSPS) is 21.4. The number of allylic oxidation sites excluding steroid dienone is 4. The minimum absolute atomic E-state index is 0.0126. The molecule has 4 heterocycles. The van der Waals surface area contributed by atoms with E-state index in [1.54, 1.807) is 19.1 Å². The first-order chi connectivity index (χ1) is 24.8. The van der Waals surface area contributed by atoms with Crippen LogP contribution in [0.1, 0.15) is 28.5 Å². The smallest absolute Gasteiger partial charge is 0.416 e. The van der Waals surface area contributed by atoms with Gasteiger partial charge in [0.15, 0.2) is 0 Å². The summed E-state index contributed by atoms with van der Waals surface area (Å²) >= 11 is 0. The van der Waals surface area contributed by atoms with Gasteiger partial charge in [0, 0.05) is 35.0 Å². The molecule has 0 bridgehead atoms. The number of carboxylic acid groups (broad SMARTS) is 1. The minimum atomic E-state index is -5.15. The number of anilines is 1. The number of carbonyl (C=O) groups is 2. The number of halogens is 8. The number of amides is 1. The van der Waals surface area contributed by atoms with Crippen molar-refractivity contribution >= 4 is 18.0 Å². The third kappa shape index (κ3) is 7.52. The number of aryl methyl sites for hydroxylation is 1. The fourth-order valence-electron chi connectivity index (χ4n) is 6.33. The van der Waals surface area contributed by atoms with Gasteiger partial charge in [-0.2, -0.15) is 26.3 Å². The number of hydrogen-bond donors (Lipinski definition) is 1. The van der Waals surface area contributed by atoms with Gasteiger partial charge in [-0.05, 0) is 49.2 Å². The number of alkyl halides is 8. The summed E-state index contributed by atoms with van der Waals surface area (Å²) in [5.41, 5.74) is -0.734. The molecular weight excluding hydrogens is 722 g/mol. The Hall–Kier alpha value is -5.55. The van der Waals surface area contributed by atoms with Gasteiger partial charge in [0.25, 0.3) is 5.92 Å².